The number of hydrogen-bond acceptors (Lipinski definition) is 3. The standard InChI is InChI=1S/C16H20FNO4/c17-13-9-18(8-12(13)16(6-7-16)14(19)20)15(21)22-10-11-4-2-1-3-5-11/h2,4-5,12-13H,1,3,6-10H2,(H,19,20)/t12-,13+/m0/s1. The first kappa shape index (κ1) is 15.1. The lowest BCUT2D eigenvalue weighted by atomic mass is 9.87. The number of allylic oxidation sites excluding steroid dienone is 2. The molecule has 0 radical (unpaired) electrons. The number of amides is 1. The highest BCUT2D eigenvalue weighted by Gasteiger charge is 2.61. The maximum absolute atomic E-state index is 14.2. The highest BCUT2D eigenvalue weighted by Crippen LogP contribution is 2.55. The van der Waals surface area contributed by atoms with E-state index in [2.05, 4.69) is 0 Å². The van der Waals surface area contributed by atoms with Gasteiger partial charge in [-0.15, -0.1) is 0 Å². The maximum atomic E-state index is 14.2. The van der Waals surface area contributed by atoms with E-state index >= 15 is 0 Å². The van der Waals surface area contributed by atoms with Crippen LogP contribution < -0.4 is 0 Å². The molecule has 3 rings (SSSR count). The minimum Gasteiger partial charge on any atom is -0.481 e. The Morgan fingerprint density at radius 1 is 1.36 bits per heavy atom. The zero-order chi connectivity index (χ0) is 15.7. The molecule has 2 aliphatic carbocycles. The number of nitrogens with zero attached hydrogens (tertiary/aromatic N) is 1. The molecule has 2 atom stereocenters. The van der Waals surface area contributed by atoms with Crippen LogP contribution in [0.2, 0.25) is 0 Å². The monoisotopic (exact) mass is 309 g/mol. The third kappa shape index (κ3) is 2.74. The number of hydrogen-bond donors (Lipinski definition) is 1. The number of alkyl halides is 1. The van der Waals surface area contributed by atoms with Crippen LogP contribution in [0.1, 0.15) is 25.7 Å². The van der Waals surface area contributed by atoms with Crippen LogP contribution in [-0.4, -0.2) is 47.9 Å². The molecule has 0 unspecified atom stereocenters. The SMILES string of the molecule is O=C(OCC1=CCCC=C1)N1C[C@@H](F)[C@@H](C2(C(=O)O)CC2)C1. The topological polar surface area (TPSA) is 66.8 Å². The Morgan fingerprint density at radius 2 is 2.14 bits per heavy atom. The van der Waals surface area contributed by atoms with Crippen molar-refractivity contribution in [1.82, 2.24) is 4.90 Å². The van der Waals surface area contributed by atoms with Crippen molar-refractivity contribution in [1.29, 1.82) is 0 Å². The lowest BCUT2D eigenvalue weighted by Crippen LogP contribution is -2.33. The molecule has 1 aliphatic heterocycles. The molecule has 5 nitrogen and oxygen atoms in total. The number of halogens is 1. The molecule has 3 aliphatic rings. The molecule has 0 spiro atoms. The van der Waals surface area contributed by atoms with Gasteiger partial charge in [0, 0.05) is 12.5 Å². The van der Waals surface area contributed by atoms with Gasteiger partial charge in [-0.3, -0.25) is 4.79 Å². The molecule has 120 valence electrons. The number of carboxylic acids is 1. The van der Waals surface area contributed by atoms with Gasteiger partial charge >= 0.3 is 12.1 Å². The van der Waals surface area contributed by atoms with Crippen LogP contribution in [0.3, 0.4) is 0 Å². The number of carbonyl (C=O) groups excluding carboxylic acids is 1. The zero-order valence-corrected chi connectivity index (χ0v) is 12.3. The third-order valence-electron chi connectivity index (χ3n) is 4.87. The summed E-state index contributed by atoms with van der Waals surface area (Å²) in [5.41, 5.74) is -0.0281. The summed E-state index contributed by atoms with van der Waals surface area (Å²) < 4.78 is 19.4. The number of ether oxygens (including phenoxy) is 1. The van der Waals surface area contributed by atoms with Crippen molar-refractivity contribution >= 4 is 12.1 Å². The van der Waals surface area contributed by atoms with Crippen molar-refractivity contribution in [3.63, 3.8) is 0 Å². The second-order valence-electron chi connectivity index (χ2n) is 6.30. The summed E-state index contributed by atoms with van der Waals surface area (Å²) in [5.74, 6) is -1.57. The molecule has 0 aromatic carbocycles. The molecule has 1 N–H and O–H groups in total. The average Bonchev–Trinajstić information content (AvgIpc) is 3.23. The predicted molar refractivity (Wildman–Crippen MR) is 77.1 cm³/mol. The summed E-state index contributed by atoms with van der Waals surface area (Å²) in [6.45, 7) is 0.228. The van der Waals surface area contributed by atoms with E-state index in [-0.39, 0.29) is 19.7 Å². The van der Waals surface area contributed by atoms with Gasteiger partial charge < -0.3 is 14.7 Å². The van der Waals surface area contributed by atoms with Gasteiger partial charge in [-0.05, 0) is 31.3 Å². The van der Waals surface area contributed by atoms with Gasteiger partial charge in [0.25, 0.3) is 0 Å². The first-order valence-electron chi connectivity index (χ1n) is 7.68. The van der Waals surface area contributed by atoms with Crippen LogP contribution in [0.15, 0.2) is 23.8 Å². The molecule has 0 bridgehead atoms. The minimum absolute atomic E-state index is 0.0760. The van der Waals surface area contributed by atoms with Gasteiger partial charge in [-0.1, -0.05) is 18.2 Å². The number of rotatable bonds is 4. The second-order valence-corrected chi connectivity index (χ2v) is 6.30. The molecular formula is C16H20FNO4. The lowest BCUT2D eigenvalue weighted by Gasteiger charge is -2.20. The van der Waals surface area contributed by atoms with Gasteiger partial charge in [0.15, 0.2) is 0 Å². The van der Waals surface area contributed by atoms with Crippen LogP contribution in [-0.2, 0) is 9.53 Å². The molecule has 2 fully saturated rings. The Morgan fingerprint density at radius 3 is 2.73 bits per heavy atom. The Labute approximate surface area is 128 Å². The van der Waals surface area contributed by atoms with E-state index in [9.17, 15) is 19.1 Å². The fraction of sp³-hybridized carbons (Fsp3) is 0.625. The summed E-state index contributed by atoms with van der Waals surface area (Å²) in [6.07, 6.45) is 7.02. The van der Waals surface area contributed by atoms with Crippen LogP contribution in [0.5, 0.6) is 0 Å². The van der Waals surface area contributed by atoms with Crippen molar-refractivity contribution in [2.45, 2.75) is 31.9 Å². The van der Waals surface area contributed by atoms with E-state index in [1.54, 1.807) is 0 Å². The molecular weight excluding hydrogens is 289 g/mol. The third-order valence-corrected chi connectivity index (χ3v) is 4.87. The van der Waals surface area contributed by atoms with Gasteiger partial charge in [-0.2, -0.15) is 0 Å². The Hall–Kier alpha value is -1.85. The average molecular weight is 309 g/mol. The van der Waals surface area contributed by atoms with Gasteiger partial charge in [0.2, 0.25) is 0 Å². The molecule has 0 aromatic rings. The van der Waals surface area contributed by atoms with Crippen LogP contribution in [0, 0.1) is 11.3 Å². The van der Waals surface area contributed by atoms with Crippen LogP contribution in [0.25, 0.3) is 0 Å². The molecule has 1 amide bonds. The van der Waals surface area contributed by atoms with Gasteiger partial charge in [0.1, 0.15) is 12.8 Å². The quantitative estimate of drug-likeness (QED) is 0.866. The van der Waals surface area contributed by atoms with Crippen molar-refractivity contribution in [3.05, 3.63) is 23.8 Å². The van der Waals surface area contributed by atoms with E-state index in [1.165, 1.54) is 4.90 Å². The Bertz CT molecular complexity index is 538. The van der Waals surface area contributed by atoms with Crippen molar-refractivity contribution < 1.29 is 23.8 Å². The van der Waals surface area contributed by atoms with Crippen molar-refractivity contribution in [2.75, 3.05) is 19.7 Å². The second kappa shape index (κ2) is 5.74. The minimum atomic E-state index is -1.29. The fourth-order valence-corrected chi connectivity index (χ4v) is 3.32. The first-order chi connectivity index (χ1) is 10.5. The maximum Gasteiger partial charge on any atom is 0.410 e. The zero-order valence-electron chi connectivity index (χ0n) is 12.3. The number of likely N-dealkylation sites (tertiary alicyclic amines) is 1. The van der Waals surface area contributed by atoms with Crippen LogP contribution in [0.4, 0.5) is 9.18 Å². The van der Waals surface area contributed by atoms with E-state index in [0.717, 1.165) is 18.4 Å². The largest absolute Gasteiger partial charge is 0.481 e. The first-order valence-corrected chi connectivity index (χ1v) is 7.68. The van der Waals surface area contributed by atoms with E-state index < -0.39 is 29.6 Å². The van der Waals surface area contributed by atoms with Gasteiger partial charge in [-0.25, -0.2) is 9.18 Å². The number of carboxylic acid groups (broad SMARTS) is 1. The van der Waals surface area contributed by atoms with Gasteiger partial charge in [0.05, 0.1) is 12.0 Å². The normalized spacial score (nSPS) is 29.1. The molecule has 1 saturated heterocycles. The molecule has 6 heteroatoms. The van der Waals surface area contributed by atoms with E-state index in [0.29, 0.717) is 12.8 Å². The molecule has 0 aromatic heterocycles. The summed E-state index contributed by atoms with van der Waals surface area (Å²) in [5, 5.41) is 9.26. The lowest BCUT2D eigenvalue weighted by molar-refractivity contribution is -0.146. The summed E-state index contributed by atoms with van der Waals surface area (Å²) >= 11 is 0. The number of carbonyl (C=O) groups is 2. The van der Waals surface area contributed by atoms with E-state index in [1.807, 2.05) is 18.2 Å². The molecule has 1 heterocycles. The Kier molecular flexibility index (Phi) is 3.93. The predicted octanol–water partition coefficient (Wildman–Crippen LogP) is 2.53. The molecule has 22 heavy (non-hydrogen) atoms. The van der Waals surface area contributed by atoms with Crippen molar-refractivity contribution in [3.8, 4) is 0 Å². The fourth-order valence-electron chi connectivity index (χ4n) is 3.32. The van der Waals surface area contributed by atoms with Crippen molar-refractivity contribution in [2.24, 2.45) is 11.3 Å². The Balaban J connectivity index is 1.55. The summed E-state index contributed by atoms with van der Waals surface area (Å²) in [7, 11) is 0. The van der Waals surface area contributed by atoms with E-state index in [4.69, 9.17) is 4.74 Å². The molecule has 1 saturated carbocycles. The highest BCUT2D eigenvalue weighted by atomic mass is 19.1. The summed E-state index contributed by atoms with van der Waals surface area (Å²) in [4.78, 5) is 24.6. The number of aliphatic carboxylic acids is 1. The smallest absolute Gasteiger partial charge is 0.410 e. The highest BCUT2D eigenvalue weighted by molar-refractivity contribution is 5.79. The van der Waals surface area contributed by atoms with Crippen LogP contribution >= 0.6 is 0 Å². The summed E-state index contributed by atoms with van der Waals surface area (Å²) in [6, 6.07) is 0.